The van der Waals surface area contributed by atoms with Crippen LogP contribution in [0.4, 0.5) is 24.5 Å². The molecule has 0 spiro atoms. The van der Waals surface area contributed by atoms with Gasteiger partial charge in [-0.25, -0.2) is 4.98 Å². The van der Waals surface area contributed by atoms with E-state index in [0.29, 0.717) is 6.20 Å². The van der Waals surface area contributed by atoms with Crippen molar-refractivity contribution >= 4 is 11.4 Å². The van der Waals surface area contributed by atoms with Crippen LogP contribution < -0.4 is 10.5 Å². The number of aromatic nitrogens is 1. The monoisotopic (exact) mass is 248 g/mol. The Morgan fingerprint density at radius 3 is 2.59 bits per heavy atom. The van der Waals surface area contributed by atoms with Crippen LogP contribution in [0.3, 0.4) is 0 Å². The summed E-state index contributed by atoms with van der Waals surface area (Å²) in [6, 6.07) is 1.20. The molecule has 1 rings (SSSR count). The van der Waals surface area contributed by atoms with E-state index in [1.165, 1.54) is 6.07 Å². The Bertz CT molecular complexity index is 508. The first-order valence-electron chi connectivity index (χ1n) is 3.85. The maximum atomic E-state index is 11.9. The number of nitro groups is 1. The fourth-order valence-corrected chi connectivity index (χ4v) is 0.984. The third-order valence-electron chi connectivity index (χ3n) is 1.55. The number of hydrogen-bond acceptors (Lipinski definition) is 6. The number of hydrogen-bond donors (Lipinski definition) is 1. The van der Waals surface area contributed by atoms with Gasteiger partial charge in [0, 0.05) is 0 Å². The van der Waals surface area contributed by atoms with E-state index in [4.69, 9.17) is 11.0 Å². The van der Waals surface area contributed by atoms with Crippen molar-refractivity contribution in [3.63, 3.8) is 0 Å². The summed E-state index contributed by atoms with van der Waals surface area (Å²) in [6.07, 6.45) is -4.50. The Labute approximate surface area is 91.4 Å². The smallest absolute Gasteiger partial charge is 0.392 e. The molecule has 10 heteroatoms. The van der Waals surface area contributed by atoms with Crippen LogP contribution in [0.5, 0.6) is 5.88 Å². The first-order chi connectivity index (χ1) is 7.76. The minimum Gasteiger partial charge on any atom is -0.392 e. The minimum absolute atomic E-state index is 0.527. The summed E-state index contributed by atoms with van der Waals surface area (Å²) < 4.78 is 39.1. The molecular formula is C7H3F3N4O3. The van der Waals surface area contributed by atoms with Gasteiger partial charge in [0.2, 0.25) is 5.88 Å². The normalized spacial score (nSPS) is 10.7. The zero-order valence-electron chi connectivity index (χ0n) is 7.85. The van der Waals surface area contributed by atoms with Gasteiger partial charge in [-0.15, -0.1) is 13.2 Å². The molecule has 0 bridgehead atoms. The summed E-state index contributed by atoms with van der Waals surface area (Å²) in [5, 5.41) is 19.1. The van der Waals surface area contributed by atoms with Crippen LogP contribution in [0, 0.1) is 21.4 Å². The van der Waals surface area contributed by atoms with Crippen LogP contribution in [0.25, 0.3) is 0 Å². The molecule has 1 aromatic rings. The summed E-state index contributed by atoms with van der Waals surface area (Å²) in [5.41, 5.74) is 2.66. The fraction of sp³-hybridized carbons (Fsp3) is 0.143. The Kier molecular flexibility index (Phi) is 3.03. The van der Waals surface area contributed by atoms with Crippen LogP contribution in [-0.4, -0.2) is 16.3 Å². The second-order valence-electron chi connectivity index (χ2n) is 2.66. The standard InChI is InChI=1S/C7H3F3N4O3/c8-7(9,10)17-6-3(1-11)5(14(15)16)4(12)2-13-6/h2H,12H2. The van der Waals surface area contributed by atoms with E-state index >= 15 is 0 Å². The number of ether oxygens (including phenoxy) is 1. The molecule has 7 nitrogen and oxygen atoms in total. The molecule has 17 heavy (non-hydrogen) atoms. The number of rotatable bonds is 2. The number of nitrogens with two attached hydrogens (primary N) is 1. The van der Waals surface area contributed by atoms with E-state index in [0.717, 1.165) is 0 Å². The molecule has 0 aliphatic rings. The highest BCUT2D eigenvalue weighted by molar-refractivity contribution is 5.67. The summed E-state index contributed by atoms with van der Waals surface area (Å²) in [4.78, 5) is 12.5. The SMILES string of the molecule is N#Cc1c(OC(F)(F)F)ncc(N)c1[N+](=O)[O-]. The molecule has 2 N–H and O–H groups in total. The lowest BCUT2D eigenvalue weighted by Gasteiger charge is -2.09. The number of anilines is 1. The van der Waals surface area contributed by atoms with Gasteiger partial charge in [-0.3, -0.25) is 10.1 Å². The molecule has 0 amide bonds. The lowest BCUT2D eigenvalue weighted by atomic mass is 10.2. The van der Waals surface area contributed by atoms with E-state index in [9.17, 15) is 23.3 Å². The first-order valence-corrected chi connectivity index (χ1v) is 3.85. The highest BCUT2D eigenvalue weighted by Gasteiger charge is 2.35. The largest absolute Gasteiger partial charge is 0.574 e. The van der Waals surface area contributed by atoms with Crippen molar-refractivity contribution in [1.82, 2.24) is 4.98 Å². The lowest BCUT2D eigenvalue weighted by molar-refractivity contribution is -0.384. The molecule has 0 aliphatic carbocycles. The maximum Gasteiger partial charge on any atom is 0.574 e. The van der Waals surface area contributed by atoms with E-state index in [1.807, 2.05) is 0 Å². The summed E-state index contributed by atoms with van der Waals surface area (Å²) in [6.45, 7) is 0. The molecule has 1 heterocycles. The van der Waals surface area contributed by atoms with Crippen molar-refractivity contribution in [3.8, 4) is 11.9 Å². The number of nitrogens with zero attached hydrogens (tertiary/aromatic N) is 3. The van der Waals surface area contributed by atoms with Crippen molar-refractivity contribution in [3.05, 3.63) is 21.9 Å². The Morgan fingerprint density at radius 1 is 1.59 bits per heavy atom. The number of nitriles is 1. The van der Waals surface area contributed by atoms with Gasteiger partial charge in [0.1, 0.15) is 11.8 Å². The molecule has 0 aromatic carbocycles. The van der Waals surface area contributed by atoms with Gasteiger partial charge in [-0.2, -0.15) is 5.26 Å². The second kappa shape index (κ2) is 4.12. The predicted octanol–water partition coefficient (Wildman–Crippen LogP) is 1.34. The molecule has 0 saturated carbocycles. The highest BCUT2D eigenvalue weighted by atomic mass is 19.4. The first kappa shape index (κ1) is 12.5. The summed E-state index contributed by atoms with van der Waals surface area (Å²) in [7, 11) is 0. The molecular weight excluding hydrogens is 245 g/mol. The maximum absolute atomic E-state index is 11.9. The van der Waals surface area contributed by atoms with Crippen molar-refractivity contribution < 1.29 is 22.8 Å². The third-order valence-corrected chi connectivity index (χ3v) is 1.55. The molecule has 0 aliphatic heterocycles. The van der Waals surface area contributed by atoms with Crippen LogP contribution in [-0.2, 0) is 0 Å². The molecule has 0 radical (unpaired) electrons. The summed E-state index contributed by atoms with van der Waals surface area (Å²) in [5.74, 6) is -1.21. The Morgan fingerprint density at radius 2 is 2.18 bits per heavy atom. The van der Waals surface area contributed by atoms with Crippen molar-refractivity contribution in [2.24, 2.45) is 0 Å². The molecule has 0 fully saturated rings. The van der Waals surface area contributed by atoms with Crippen LogP contribution in [0.2, 0.25) is 0 Å². The van der Waals surface area contributed by atoms with E-state index < -0.39 is 34.1 Å². The number of nitrogen functional groups attached to an aromatic ring is 1. The highest BCUT2D eigenvalue weighted by Crippen LogP contribution is 2.33. The Balaban J connectivity index is 3.40. The number of alkyl halides is 3. The molecule has 0 atom stereocenters. The van der Waals surface area contributed by atoms with E-state index in [2.05, 4.69) is 9.72 Å². The van der Waals surface area contributed by atoms with Crippen molar-refractivity contribution in [2.75, 3.05) is 5.73 Å². The average Bonchev–Trinajstić information content (AvgIpc) is 2.17. The van der Waals surface area contributed by atoms with Gasteiger partial charge in [-0.05, 0) is 0 Å². The fourth-order valence-electron chi connectivity index (χ4n) is 0.984. The van der Waals surface area contributed by atoms with E-state index in [-0.39, 0.29) is 0 Å². The number of pyridine rings is 1. The van der Waals surface area contributed by atoms with Gasteiger partial charge < -0.3 is 10.5 Å². The topological polar surface area (TPSA) is 115 Å². The molecule has 0 saturated heterocycles. The van der Waals surface area contributed by atoms with Crippen molar-refractivity contribution in [2.45, 2.75) is 6.36 Å². The summed E-state index contributed by atoms with van der Waals surface area (Å²) >= 11 is 0. The Hall–Kier alpha value is -2.57. The number of halogens is 3. The minimum atomic E-state index is -5.11. The lowest BCUT2D eigenvalue weighted by Crippen LogP contribution is -2.19. The van der Waals surface area contributed by atoms with Gasteiger partial charge in [-0.1, -0.05) is 0 Å². The quantitative estimate of drug-likeness (QED) is 0.623. The van der Waals surface area contributed by atoms with Crippen LogP contribution >= 0.6 is 0 Å². The molecule has 0 unspecified atom stereocenters. The van der Waals surface area contributed by atoms with E-state index in [1.54, 1.807) is 0 Å². The molecule has 90 valence electrons. The zero-order chi connectivity index (χ0) is 13.2. The van der Waals surface area contributed by atoms with Crippen LogP contribution in [0.1, 0.15) is 5.56 Å². The second-order valence-corrected chi connectivity index (χ2v) is 2.66. The van der Waals surface area contributed by atoms with Gasteiger partial charge >= 0.3 is 12.0 Å². The van der Waals surface area contributed by atoms with Gasteiger partial charge in [0.05, 0.1) is 11.1 Å². The average molecular weight is 248 g/mol. The van der Waals surface area contributed by atoms with Gasteiger partial charge in [0.25, 0.3) is 0 Å². The van der Waals surface area contributed by atoms with Gasteiger partial charge in [0.15, 0.2) is 5.56 Å². The van der Waals surface area contributed by atoms with Crippen molar-refractivity contribution in [1.29, 1.82) is 5.26 Å². The zero-order valence-corrected chi connectivity index (χ0v) is 7.85. The molecule has 1 aromatic heterocycles. The van der Waals surface area contributed by atoms with Crippen LogP contribution in [0.15, 0.2) is 6.20 Å². The predicted molar refractivity (Wildman–Crippen MR) is 46.7 cm³/mol. The third kappa shape index (κ3) is 2.71.